The van der Waals surface area contributed by atoms with Gasteiger partial charge in [-0.15, -0.1) is 0 Å². The van der Waals surface area contributed by atoms with Gasteiger partial charge < -0.3 is 19.6 Å². The maximum atomic E-state index is 16.1. The van der Waals surface area contributed by atoms with E-state index in [1.165, 1.54) is 0 Å². The highest BCUT2D eigenvalue weighted by atomic mass is 31.2. The van der Waals surface area contributed by atoms with Crippen LogP contribution in [0.1, 0.15) is 56.7 Å². The molecule has 54 heavy (non-hydrogen) atoms. The number of rotatable bonds is 13. The summed E-state index contributed by atoms with van der Waals surface area (Å²) in [5, 5.41) is 2.49. The number of nitrogens with zero attached hydrogens (tertiary/aromatic N) is 2. The van der Waals surface area contributed by atoms with E-state index in [4.69, 9.17) is 13.6 Å². The van der Waals surface area contributed by atoms with Crippen molar-refractivity contribution in [2.45, 2.75) is 46.2 Å². The molecule has 0 bridgehead atoms. The van der Waals surface area contributed by atoms with E-state index in [0.29, 0.717) is 29.2 Å². The smallest absolute Gasteiger partial charge is 0.404 e. The van der Waals surface area contributed by atoms with Crippen LogP contribution in [0.5, 0.6) is 5.75 Å². The van der Waals surface area contributed by atoms with Crippen LogP contribution < -0.4 is 14.7 Å². The summed E-state index contributed by atoms with van der Waals surface area (Å²) in [6, 6.07) is 26.7. The second kappa shape index (κ2) is 16.3. The predicted molar refractivity (Wildman–Crippen MR) is 197 cm³/mol. The van der Waals surface area contributed by atoms with Gasteiger partial charge in [0.2, 0.25) is 0 Å². The number of benzene rings is 5. The van der Waals surface area contributed by atoms with Crippen LogP contribution in [0.4, 0.5) is 23.2 Å². The number of hydrogen-bond donors (Lipinski definition) is 1. The maximum absolute atomic E-state index is 16.1. The Morgan fingerprint density at radius 2 is 1.39 bits per heavy atom. The van der Waals surface area contributed by atoms with E-state index < -0.39 is 49.1 Å². The zero-order chi connectivity index (χ0) is 38.6. The Hall–Kier alpha value is -5.42. The highest BCUT2D eigenvalue weighted by molar-refractivity contribution is 7.48. The van der Waals surface area contributed by atoms with E-state index in [9.17, 15) is 22.5 Å². The Bertz CT molecular complexity index is 2130. The third-order valence-corrected chi connectivity index (χ3v) is 10.6. The lowest BCUT2D eigenvalue weighted by atomic mass is 9.97. The minimum atomic E-state index is -4.27. The monoisotopic (exact) mass is 759 g/mol. The molecule has 1 amide bonds. The summed E-state index contributed by atoms with van der Waals surface area (Å²) in [5.41, 5.74) is 3.31. The van der Waals surface area contributed by atoms with Crippen molar-refractivity contribution < 1.29 is 40.5 Å². The first-order valence-electron chi connectivity index (χ1n) is 17.0. The van der Waals surface area contributed by atoms with Crippen LogP contribution in [0.3, 0.4) is 0 Å². The first kappa shape index (κ1) is 38.3. The minimum Gasteiger partial charge on any atom is -0.404 e. The number of phosphoric acid groups is 1. The predicted octanol–water partition coefficient (Wildman–Crippen LogP) is 9.89. The summed E-state index contributed by atoms with van der Waals surface area (Å²) in [7, 11) is -2.43. The fourth-order valence-corrected chi connectivity index (χ4v) is 7.21. The molecule has 0 saturated carbocycles. The molecule has 0 spiro atoms. The zero-order valence-corrected chi connectivity index (χ0v) is 30.7. The van der Waals surface area contributed by atoms with Crippen molar-refractivity contribution in [2.75, 3.05) is 11.9 Å². The SMILES string of the molecule is C=C1N(Cc2c(C)cc(OP(=O)(OCc3ccccc3)OCc3ccccc3)cc2F)c2cc(C(=O)NCc3c(F)cc(F)cc3F)ccc2[C@H](C)N1C. The van der Waals surface area contributed by atoms with Crippen molar-refractivity contribution in [3.8, 4) is 5.75 Å². The lowest BCUT2D eigenvalue weighted by Gasteiger charge is -2.43. The van der Waals surface area contributed by atoms with Crippen LogP contribution >= 0.6 is 7.82 Å². The van der Waals surface area contributed by atoms with Crippen molar-refractivity contribution in [2.24, 2.45) is 0 Å². The molecule has 0 fully saturated rings. The van der Waals surface area contributed by atoms with Crippen LogP contribution in [-0.2, 0) is 39.9 Å². The molecule has 1 heterocycles. The summed E-state index contributed by atoms with van der Waals surface area (Å²) in [6.07, 6.45) is 0. The number of hydrogen-bond acceptors (Lipinski definition) is 7. The van der Waals surface area contributed by atoms with Gasteiger partial charge in [-0.3, -0.25) is 13.8 Å². The van der Waals surface area contributed by atoms with Gasteiger partial charge in [-0.05, 0) is 54.3 Å². The summed E-state index contributed by atoms with van der Waals surface area (Å²) in [6.45, 7) is 7.21. The van der Waals surface area contributed by atoms with E-state index in [1.54, 1.807) is 60.4 Å². The van der Waals surface area contributed by atoms with E-state index in [2.05, 4.69) is 11.9 Å². The second-order valence-electron chi connectivity index (χ2n) is 12.9. The molecule has 6 rings (SSSR count). The maximum Gasteiger partial charge on any atom is 0.530 e. The largest absolute Gasteiger partial charge is 0.530 e. The summed E-state index contributed by atoms with van der Waals surface area (Å²) in [5.74, 6) is -4.12. The quantitative estimate of drug-likeness (QED) is 0.0946. The first-order valence-corrected chi connectivity index (χ1v) is 18.5. The van der Waals surface area contributed by atoms with Gasteiger partial charge in [-0.1, -0.05) is 73.3 Å². The third kappa shape index (κ3) is 8.68. The topological polar surface area (TPSA) is 80.3 Å². The standard InChI is InChI=1S/C41H38F4N3O5P/c1-26-17-33(53-54(50,51-24-29-11-7-5-8-12-29)52-25-30-13-9-6-10-14-30)21-39(45)36(26)23-48-28(3)47(4)27(2)34-16-15-31(18-40(34)48)41(49)46-22-35-37(43)19-32(42)20-38(35)44/h5-21,27H,3,22-25H2,1-2,4H3,(H,46,49)/t27-/m0/s1. The van der Waals surface area contributed by atoms with Crippen molar-refractivity contribution in [1.29, 1.82) is 0 Å². The van der Waals surface area contributed by atoms with Crippen molar-refractivity contribution in [1.82, 2.24) is 10.2 Å². The lowest BCUT2D eigenvalue weighted by Crippen LogP contribution is -2.39. The van der Waals surface area contributed by atoms with Crippen LogP contribution in [0.2, 0.25) is 0 Å². The third-order valence-electron chi connectivity index (χ3n) is 9.25. The average Bonchev–Trinajstić information content (AvgIpc) is 3.15. The molecule has 1 aliphatic heterocycles. The van der Waals surface area contributed by atoms with Gasteiger partial charge in [-0.25, -0.2) is 22.1 Å². The first-order chi connectivity index (χ1) is 25.8. The number of anilines is 1. The average molecular weight is 760 g/mol. The molecule has 8 nitrogen and oxygen atoms in total. The molecule has 1 atom stereocenters. The summed E-state index contributed by atoms with van der Waals surface area (Å²) < 4.78 is 89.1. The Labute approximate surface area is 311 Å². The van der Waals surface area contributed by atoms with Crippen LogP contribution in [-0.4, -0.2) is 17.9 Å². The van der Waals surface area contributed by atoms with Gasteiger partial charge in [0.1, 0.15) is 34.8 Å². The lowest BCUT2D eigenvalue weighted by molar-refractivity contribution is 0.0950. The van der Waals surface area contributed by atoms with Gasteiger partial charge in [-0.2, -0.15) is 0 Å². The molecule has 0 aromatic heterocycles. The van der Waals surface area contributed by atoms with Crippen molar-refractivity contribution >= 4 is 19.4 Å². The van der Waals surface area contributed by atoms with E-state index in [-0.39, 0.29) is 42.7 Å². The minimum absolute atomic E-state index is 0.00934. The number of carbonyl (C=O) groups excluding carboxylic acids is 1. The molecule has 1 aliphatic rings. The van der Waals surface area contributed by atoms with Gasteiger partial charge >= 0.3 is 7.82 Å². The van der Waals surface area contributed by atoms with Crippen molar-refractivity contribution in [3.05, 3.63) is 178 Å². The molecule has 0 radical (unpaired) electrons. The number of carbonyl (C=O) groups is 1. The molecular weight excluding hydrogens is 721 g/mol. The van der Waals surface area contributed by atoms with Crippen LogP contribution in [0.15, 0.2) is 116 Å². The highest BCUT2D eigenvalue weighted by Crippen LogP contribution is 2.51. The number of phosphoric ester groups is 1. The molecule has 13 heteroatoms. The van der Waals surface area contributed by atoms with E-state index in [0.717, 1.165) is 22.8 Å². The Balaban J connectivity index is 1.24. The molecule has 1 N–H and O–H groups in total. The molecule has 0 unspecified atom stereocenters. The summed E-state index contributed by atoms with van der Waals surface area (Å²) in [4.78, 5) is 16.9. The van der Waals surface area contributed by atoms with Gasteiger partial charge in [0.15, 0.2) is 0 Å². The molecule has 5 aromatic carbocycles. The van der Waals surface area contributed by atoms with E-state index in [1.807, 2.05) is 55.3 Å². The van der Waals surface area contributed by atoms with Crippen LogP contribution in [0.25, 0.3) is 0 Å². The Kier molecular flexibility index (Phi) is 11.6. The highest BCUT2D eigenvalue weighted by Gasteiger charge is 2.33. The molecule has 0 saturated heterocycles. The zero-order valence-electron chi connectivity index (χ0n) is 29.8. The number of amides is 1. The second-order valence-corrected chi connectivity index (χ2v) is 14.4. The molecule has 280 valence electrons. The number of aryl methyl sites for hydroxylation is 1. The fraction of sp³-hybridized carbons (Fsp3) is 0.195. The van der Waals surface area contributed by atoms with Gasteiger partial charge in [0, 0.05) is 54.2 Å². The van der Waals surface area contributed by atoms with E-state index >= 15 is 4.39 Å². The number of halogens is 4. The molecule has 0 aliphatic carbocycles. The fourth-order valence-electron chi connectivity index (χ4n) is 6.05. The molecular formula is C41H38F4N3O5P. The number of nitrogens with one attached hydrogen (secondary N) is 1. The summed E-state index contributed by atoms with van der Waals surface area (Å²) >= 11 is 0. The van der Waals surface area contributed by atoms with Crippen molar-refractivity contribution in [3.63, 3.8) is 0 Å². The van der Waals surface area contributed by atoms with Gasteiger partial charge in [0.25, 0.3) is 5.91 Å². The Morgan fingerprint density at radius 1 is 0.815 bits per heavy atom. The van der Waals surface area contributed by atoms with Gasteiger partial charge in [0.05, 0.1) is 25.8 Å². The number of fused-ring (bicyclic) bond motifs is 1. The normalized spacial score (nSPS) is 14.2. The Morgan fingerprint density at radius 3 is 1.96 bits per heavy atom. The molecule has 5 aromatic rings. The van der Waals surface area contributed by atoms with Crippen LogP contribution in [0, 0.1) is 30.2 Å².